The Kier molecular flexibility index (Phi) is 4.42. The number of hydrogen-bond donors (Lipinski definition) is 1. The molecule has 0 bridgehead atoms. The fourth-order valence-electron chi connectivity index (χ4n) is 2.62. The number of likely N-dealkylation sites (N-methyl/N-ethyl adjacent to an activating group) is 1. The fourth-order valence-corrected chi connectivity index (χ4v) is 2.62. The first-order valence-corrected chi connectivity index (χ1v) is 6.72. The zero-order valence-electron chi connectivity index (χ0n) is 11.2. The van der Waals surface area contributed by atoms with E-state index in [-0.39, 0.29) is 12.1 Å². The molecule has 0 aliphatic heterocycles. The van der Waals surface area contributed by atoms with Crippen molar-refractivity contribution in [1.82, 2.24) is 4.98 Å². The molecule has 100 valence electrons. The van der Waals surface area contributed by atoms with Gasteiger partial charge in [0, 0.05) is 13.2 Å². The predicted octanol–water partition coefficient (Wildman–Crippen LogP) is 2.22. The Labute approximate surface area is 109 Å². The van der Waals surface area contributed by atoms with E-state index < -0.39 is 0 Å². The molecule has 1 fully saturated rings. The van der Waals surface area contributed by atoms with Gasteiger partial charge in [-0.05, 0) is 31.9 Å². The van der Waals surface area contributed by atoms with Gasteiger partial charge >= 0.3 is 0 Å². The Hall–Kier alpha value is -1.29. The number of ether oxygens (including phenoxy) is 1. The Morgan fingerprint density at radius 3 is 2.94 bits per heavy atom. The molecule has 4 nitrogen and oxygen atoms in total. The van der Waals surface area contributed by atoms with Gasteiger partial charge in [0.25, 0.3) is 0 Å². The van der Waals surface area contributed by atoms with Gasteiger partial charge in [0.1, 0.15) is 0 Å². The maximum absolute atomic E-state index is 10.1. The molecule has 0 saturated heterocycles. The van der Waals surface area contributed by atoms with Gasteiger partial charge in [0.15, 0.2) is 11.6 Å². The molecule has 1 aromatic rings. The summed E-state index contributed by atoms with van der Waals surface area (Å²) in [6.45, 7) is 2.59. The van der Waals surface area contributed by atoms with Crippen molar-refractivity contribution >= 4 is 5.82 Å². The molecule has 2 unspecified atom stereocenters. The number of rotatable bonds is 4. The summed E-state index contributed by atoms with van der Waals surface area (Å²) in [5.41, 5.74) is 0. The summed E-state index contributed by atoms with van der Waals surface area (Å²) < 4.78 is 5.60. The zero-order chi connectivity index (χ0) is 13.0. The summed E-state index contributed by atoms with van der Waals surface area (Å²) in [5, 5.41) is 10.1. The summed E-state index contributed by atoms with van der Waals surface area (Å²) in [7, 11) is 1.99. The lowest BCUT2D eigenvalue weighted by Gasteiger charge is -2.36. The minimum Gasteiger partial charge on any atom is -0.490 e. The number of aromatic nitrogens is 1. The van der Waals surface area contributed by atoms with E-state index in [1.165, 1.54) is 6.42 Å². The van der Waals surface area contributed by atoms with E-state index in [4.69, 9.17) is 4.74 Å². The maximum Gasteiger partial charge on any atom is 0.171 e. The van der Waals surface area contributed by atoms with Crippen molar-refractivity contribution in [2.75, 3.05) is 18.6 Å². The average molecular weight is 250 g/mol. The zero-order valence-corrected chi connectivity index (χ0v) is 11.2. The molecule has 1 aliphatic carbocycles. The highest BCUT2D eigenvalue weighted by atomic mass is 16.5. The number of nitrogens with zero attached hydrogens (tertiary/aromatic N) is 2. The molecule has 1 heterocycles. The van der Waals surface area contributed by atoms with Gasteiger partial charge in [-0.15, -0.1) is 0 Å². The van der Waals surface area contributed by atoms with Gasteiger partial charge in [-0.1, -0.05) is 12.8 Å². The van der Waals surface area contributed by atoms with E-state index in [1.807, 2.05) is 26.1 Å². The molecule has 2 rings (SSSR count). The van der Waals surface area contributed by atoms with E-state index in [2.05, 4.69) is 9.88 Å². The fraction of sp³-hybridized carbons (Fsp3) is 0.643. The quantitative estimate of drug-likeness (QED) is 0.890. The minimum absolute atomic E-state index is 0.146. The van der Waals surface area contributed by atoms with Crippen LogP contribution in [0.1, 0.15) is 32.6 Å². The van der Waals surface area contributed by atoms with Gasteiger partial charge in [-0.25, -0.2) is 4.98 Å². The van der Waals surface area contributed by atoms with Crippen molar-refractivity contribution in [1.29, 1.82) is 0 Å². The van der Waals surface area contributed by atoms with Crippen LogP contribution in [0, 0.1) is 0 Å². The topological polar surface area (TPSA) is 45.6 Å². The van der Waals surface area contributed by atoms with Crippen molar-refractivity contribution in [3.8, 4) is 5.75 Å². The third-order valence-corrected chi connectivity index (χ3v) is 3.58. The van der Waals surface area contributed by atoms with E-state index >= 15 is 0 Å². The van der Waals surface area contributed by atoms with Crippen LogP contribution in [0.3, 0.4) is 0 Å². The summed E-state index contributed by atoms with van der Waals surface area (Å²) in [6, 6.07) is 3.95. The number of aliphatic hydroxyl groups excluding tert-OH is 1. The van der Waals surface area contributed by atoms with Gasteiger partial charge in [0.05, 0.1) is 18.8 Å². The first kappa shape index (κ1) is 13.1. The maximum atomic E-state index is 10.1. The first-order valence-electron chi connectivity index (χ1n) is 6.72. The molecule has 0 aromatic carbocycles. The highest BCUT2D eigenvalue weighted by Crippen LogP contribution is 2.30. The molecule has 1 saturated carbocycles. The molecule has 0 radical (unpaired) electrons. The summed E-state index contributed by atoms with van der Waals surface area (Å²) in [6.07, 6.45) is 5.68. The molecule has 0 spiro atoms. The lowest BCUT2D eigenvalue weighted by molar-refractivity contribution is 0.105. The van der Waals surface area contributed by atoms with Crippen molar-refractivity contribution in [2.24, 2.45) is 0 Å². The monoisotopic (exact) mass is 250 g/mol. The van der Waals surface area contributed by atoms with Crippen LogP contribution in [0.2, 0.25) is 0 Å². The summed E-state index contributed by atoms with van der Waals surface area (Å²) >= 11 is 0. The van der Waals surface area contributed by atoms with E-state index in [9.17, 15) is 5.11 Å². The third-order valence-electron chi connectivity index (χ3n) is 3.58. The van der Waals surface area contributed by atoms with Gasteiger partial charge in [-0.3, -0.25) is 0 Å². The standard InChI is InChI=1S/C14H22N2O2/c1-3-18-13-9-6-10-15-14(13)16(2)11-7-4-5-8-12(11)17/h6,9-12,17H,3-5,7-8H2,1-2H3. The lowest BCUT2D eigenvalue weighted by Crippen LogP contribution is -2.44. The normalized spacial score (nSPS) is 23.7. The Morgan fingerprint density at radius 1 is 1.44 bits per heavy atom. The van der Waals surface area contributed by atoms with E-state index in [1.54, 1.807) is 6.20 Å². The highest BCUT2D eigenvalue weighted by molar-refractivity contribution is 5.52. The second-order valence-corrected chi connectivity index (χ2v) is 4.79. The lowest BCUT2D eigenvalue weighted by atomic mass is 9.91. The van der Waals surface area contributed by atoms with Crippen molar-refractivity contribution in [2.45, 2.75) is 44.8 Å². The van der Waals surface area contributed by atoms with Crippen LogP contribution >= 0.6 is 0 Å². The second kappa shape index (κ2) is 6.05. The Bertz CT molecular complexity index is 384. The van der Waals surface area contributed by atoms with Gasteiger partial charge in [-0.2, -0.15) is 0 Å². The van der Waals surface area contributed by atoms with Crippen molar-refractivity contribution < 1.29 is 9.84 Å². The van der Waals surface area contributed by atoms with Crippen LogP contribution in [-0.4, -0.2) is 35.9 Å². The molecular formula is C14H22N2O2. The largest absolute Gasteiger partial charge is 0.490 e. The minimum atomic E-state index is -0.264. The van der Waals surface area contributed by atoms with Crippen molar-refractivity contribution in [3.05, 3.63) is 18.3 Å². The van der Waals surface area contributed by atoms with Crippen LogP contribution in [0.15, 0.2) is 18.3 Å². The van der Waals surface area contributed by atoms with Crippen LogP contribution in [-0.2, 0) is 0 Å². The number of pyridine rings is 1. The smallest absolute Gasteiger partial charge is 0.171 e. The molecule has 1 aromatic heterocycles. The van der Waals surface area contributed by atoms with E-state index in [0.717, 1.165) is 30.8 Å². The molecule has 1 N–H and O–H groups in total. The SMILES string of the molecule is CCOc1cccnc1N(C)C1CCCCC1O. The molecule has 4 heteroatoms. The van der Waals surface area contributed by atoms with Gasteiger partial charge in [0.2, 0.25) is 0 Å². The first-order chi connectivity index (χ1) is 8.74. The van der Waals surface area contributed by atoms with Gasteiger partial charge < -0.3 is 14.7 Å². The molecule has 2 atom stereocenters. The Balaban J connectivity index is 2.19. The Morgan fingerprint density at radius 2 is 2.22 bits per heavy atom. The van der Waals surface area contributed by atoms with Crippen LogP contribution in [0.4, 0.5) is 5.82 Å². The molecule has 0 amide bonds. The number of anilines is 1. The molecular weight excluding hydrogens is 228 g/mol. The van der Waals surface area contributed by atoms with E-state index in [0.29, 0.717) is 6.61 Å². The van der Waals surface area contributed by atoms with Crippen LogP contribution in [0.25, 0.3) is 0 Å². The third kappa shape index (κ3) is 2.75. The number of aliphatic hydroxyl groups is 1. The second-order valence-electron chi connectivity index (χ2n) is 4.79. The van der Waals surface area contributed by atoms with Crippen LogP contribution in [0.5, 0.6) is 5.75 Å². The number of hydrogen-bond acceptors (Lipinski definition) is 4. The van der Waals surface area contributed by atoms with Crippen LogP contribution < -0.4 is 9.64 Å². The predicted molar refractivity (Wildman–Crippen MR) is 72.1 cm³/mol. The summed E-state index contributed by atoms with van der Waals surface area (Å²) in [4.78, 5) is 6.46. The molecule has 18 heavy (non-hydrogen) atoms. The molecule has 1 aliphatic rings. The summed E-state index contributed by atoms with van der Waals surface area (Å²) in [5.74, 6) is 1.62. The average Bonchev–Trinajstić information content (AvgIpc) is 2.40. The highest BCUT2D eigenvalue weighted by Gasteiger charge is 2.28. The van der Waals surface area contributed by atoms with Crippen molar-refractivity contribution in [3.63, 3.8) is 0 Å².